The summed E-state index contributed by atoms with van der Waals surface area (Å²) in [7, 11) is 0. The predicted molar refractivity (Wildman–Crippen MR) is 84.7 cm³/mol. The van der Waals surface area contributed by atoms with Gasteiger partial charge in [-0.3, -0.25) is 0 Å². The van der Waals surface area contributed by atoms with E-state index in [-0.39, 0.29) is 6.04 Å². The molecular weight excluding hydrogens is 290 g/mol. The zero-order chi connectivity index (χ0) is 13.9. The Morgan fingerprint density at radius 3 is 2.90 bits per heavy atom. The average Bonchev–Trinajstić information content (AvgIpc) is 3.09. The molecule has 2 heterocycles. The first-order chi connectivity index (χ1) is 9.85. The third-order valence-electron chi connectivity index (χ3n) is 3.42. The number of alkyl halides is 1. The van der Waals surface area contributed by atoms with Gasteiger partial charge in [-0.25, -0.2) is 9.97 Å². The number of hydrogen-bond donors (Lipinski definition) is 0. The van der Waals surface area contributed by atoms with Crippen LogP contribution in [0, 0.1) is 0 Å². The second-order valence-corrected chi connectivity index (χ2v) is 5.92. The lowest BCUT2D eigenvalue weighted by Gasteiger charge is -2.18. The van der Waals surface area contributed by atoms with Crippen molar-refractivity contribution in [3.63, 3.8) is 0 Å². The van der Waals surface area contributed by atoms with Crippen molar-refractivity contribution in [2.75, 3.05) is 5.88 Å². The number of halogens is 1. The number of aryl methyl sites for hydroxylation is 1. The van der Waals surface area contributed by atoms with Crippen LogP contribution < -0.4 is 0 Å². The Kier molecular flexibility index (Phi) is 4.03. The third-order valence-corrected chi connectivity index (χ3v) is 4.49. The lowest BCUT2D eigenvalue weighted by atomic mass is 10.2. The molecule has 0 spiro atoms. The Hall–Kier alpha value is -1.39. The van der Waals surface area contributed by atoms with E-state index in [0.717, 1.165) is 34.7 Å². The highest BCUT2D eigenvalue weighted by Crippen LogP contribution is 2.30. The molecule has 3 aromatic rings. The molecule has 0 aliphatic carbocycles. The Morgan fingerprint density at radius 1 is 1.35 bits per heavy atom. The van der Waals surface area contributed by atoms with Crippen LogP contribution in [0.15, 0.2) is 35.8 Å². The van der Waals surface area contributed by atoms with E-state index in [4.69, 9.17) is 16.6 Å². The molecule has 20 heavy (non-hydrogen) atoms. The van der Waals surface area contributed by atoms with Gasteiger partial charge in [0.25, 0.3) is 0 Å². The molecule has 3 nitrogen and oxygen atoms in total. The monoisotopic (exact) mass is 305 g/mol. The van der Waals surface area contributed by atoms with E-state index in [9.17, 15) is 0 Å². The third kappa shape index (κ3) is 2.34. The molecule has 0 bridgehead atoms. The summed E-state index contributed by atoms with van der Waals surface area (Å²) in [5.41, 5.74) is 2.19. The topological polar surface area (TPSA) is 30.7 Å². The van der Waals surface area contributed by atoms with Crippen molar-refractivity contribution in [3.8, 4) is 0 Å². The van der Waals surface area contributed by atoms with Crippen LogP contribution in [0.5, 0.6) is 0 Å². The Morgan fingerprint density at radius 2 is 2.20 bits per heavy atom. The van der Waals surface area contributed by atoms with Crippen LogP contribution in [-0.4, -0.2) is 20.4 Å². The molecule has 0 aliphatic rings. The number of aromatic nitrogens is 3. The summed E-state index contributed by atoms with van der Waals surface area (Å²) in [5, 5.41) is 3.16. The highest BCUT2D eigenvalue weighted by molar-refractivity contribution is 7.09. The van der Waals surface area contributed by atoms with E-state index in [2.05, 4.69) is 34.7 Å². The molecule has 104 valence electrons. The van der Waals surface area contributed by atoms with Crippen molar-refractivity contribution in [2.24, 2.45) is 0 Å². The van der Waals surface area contributed by atoms with Crippen molar-refractivity contribution < 1.29 is 0 Å². The molecule has 3 rings (SSSR count). The maximum absolute atomic E-state index is 5.94. The number of rotatable bonds is 5. The summed E-state index contributed by atoms with van der Waals surface area (Å²) in [6, 6.07) is 8.49. The van der Waals surface area contributed by atoms with Crippen LogP contribution in [0.3, 0.4) is 0 Å². The Balaban J connectivity index is 2.19. The highest BCUT2D eigenvalue weighted by atomic mass is 35.5. The molecule has 5 heteroatoms. The van der Waals surface area contributed by atoms with Gasteiger partial charge in [-0.05, 0) is 18.6 Å². The lowest BCUT2D eigenvalue weighted by molar-refractivity contribution is 0.555. The zero-order valence-electron chi connectivity index (χ0n) is 11.3. The first-order valence-electron chi connectivity index (χ1n) is 6.76. The van der Waals surface area contributed by atoms with Gasteiger partial charge >= 0.3 is 0 Å². The van der Waals surface area contributed by atoms with Gasteiger partial charge in [-0.2, -0.15) is 0 Å². The van der Waals surface area contributed by atoms with Crippen molar-refractivity contribution in [2.45, 2.75) is 25.8 Å². The molecule has 0 amide bonds. The second kappa shape index (κ2) is 5.94. The van der Waals surface area contributed by atoms with Gasteiger partial charge in [-0.15, -0.1) is 22.9 Å². The molecule has 1 atom stereocenters. The smallest absolute Gasteiger partial charge is 0.115 e. The Bertz CT molecular complexity index is 690. The lowest BCUT2D eigenvalue weighted by Crippen LogP contribution is -2.13. The van der Waals surface area contributed by atoms with Crippen molar-refractivity contribution in [1.82, 2.24) is 14.5 Å². The van der Waals surface area contributed by atoms with Crippen molar-refractivity contribution in [1.29, 1.82) is 0 Å². The maximum Gasteiger partial charge on any atom is 0.115 e. The number of thiazole rings is 1. The Labute approximate surface area is 127 Å². The summed E-state index contributed by atoms with van der Waals surface area (Å²) in [6.45, 7) is 2.19. The molecule has 0 fully saturated rings. The maximum atomic E-state index is 5.94. The largest absolute Gasteiger partial charge is 0.318 e. The highest BCUT2D eigenvalue weighted by Gasteiger charge is 2.20. The van der Waals surface area contributed by atoms with Gasteiger partial charge in [-0.1, -0.05) is 19.1 Å². The van der Waals surface area contributed by atoms with Gasteiger partial charge in [0.15, 0.2) is 0 Å². The van der Waals surface area contributed by atoms with E-state index in [1.54, 1.807) is 11.3 Å². The van der Waals surface area contributed by atoms with Crippen molar-refractivity contribution in [3.05, 3.63) is 46.7 Å². The fourth-order valence-electron chi connectivity index (χ4n) is 2.57. The van der Waals surface area contributed by atoms with Crippen LogP contribution in [0.25, 0.3) is 11.0 Å². The summed E-state index contributed by atoms with van der Waals surface area (Å²) >= 11 is 7.64. The summed E-state index contributed by atoms with van der Waals surface area (Å²) in [5.74, 6) is 1.63. The molecule has 2 aromatic heterocycles. The van der Waals surface area contributed by atoms with Gasteiger partial charge in [0.1, 0.15) is 10.8 Å². The first-order valence-corrected chi connectivity index (χ1v) is 8.17. The number of nitrogens with zero attached hydrogens (tertiary/aromatic N) is 3. The molecule has 0 saturated heterocycles. The molecule has 1 aromatic carbocycles. The fraction of sp³-hybridized carbons (Fsp3) is 0.333. The summed E-state index contributed by atoms with van der Waals surface area (Å²) in [6.07, 6.45) is 3.63. The number of benzene rings is 1. The number of para-hydroxylation sites is 2. The van der Waals surface area contributed by atoms with E-state index in [1.165, 1.54) is 0 Å². The molecule has 1 unspecified atom stereocenters. The van der Waals surface area contributed by atoms with Crippen LogP contribution in [0.1, 0.15) is 30.2 Å². The van der Waals surface area contributed by atoms with Gasteiger partial charge in [0, 0.05) is 23.9 Å². The minimum Gasteiger partial charge on any atom is -0.318 e. The number of imidazole rings is 1. The molecule has 0 N–H and O–H groups in total. The molecule has 0 saturated carbocycles. The minimum atomic E-state index is 0.237. The molecule has 0 aliphatic heterocycles. The fourth-order valence-corrected chi connectivity index (χ4v) is 3.55. The second-order valence-electron chi connectivity index (χ2n) is 4.62. The average molecular weight is 306 g/mol. The SMILES string of the molecule is CCC(c1nccs1)n1c(CCCl)nc2ccccc21. The van der Waals surface area contributed by atoms with Crippen molar-refractivity contribution >= 4 is 34.0 Å². The standard InChI is InChI=1S/C15H16ClN3S/c1-2-12(15-17-9-10-20-15)19-13-6-4-3-5-11(13)18-14(19)7-8-16/h3-6,9-10,12H,2,7-8H2,1H3. The van der Waals surface area contributed by atoms with Gasteiger partial charge in [0.2, 0.25) is 0 Å². The molecule has 0 radical (unpaired) electrons. The van der Waals surface area contributed by atoms with Crippen LogP contribution in [-0.2, 0) is 6.42 Å². The number of hydrogen-bond acceptors (Lipinski definition) is 3. The summed E-state index contributed by atoms with van der Waals surface area (Å²) in [4.78, 5) is 9.22. The van der Waals surface area contributed by atoms with E-state index in [1.807, 2.05) is 17.6 Å². The van der Waals surface area contributed by atoms with Gasteiger partial charge in [0.05, 0.1) is 17.1 Å². The van der Waals surface area contributed by atoms with Gasteiger partial charge < -0.3 is 4.57 Å². The first kappa shape index (κ1) is 13.6. The van der Waals surface area contributed by atoms with E-state index >= 15 is 0 Å². The quantitative estimate of drug-likeness (QED) is 0.659. The minimum absolute atomic E-state index is 0.237. The van der Waals surface area contributed by atoms with Crippen LogP contribution in [0.4, 0.5) is 0 Å². The van der Waals surface area contributed by atoms with E-state index in [0.29, 0.717) is 5.88 Å². The number of fused-ring (bicyclic) bond motifs is 1. The predicted octanol–water partition coefficient (Wildman–Crippen LogP) is 4.27. The van der Waals surface area contributed by atoms with E-state index < -0.39 is 0 Å². The van der Waals surface area contributed by atoms with Crippen LogP contribution >= 0.6 is 22.9 Å². The molecular formula is C15H16ClN3S. The summed E-state index contributed by atoms with van der Waals surface area (Å²) < 4.78 is 2.30. The normalized spacial score (nSPS) is 12.9. The zero-order valence-corrected chi connectivity index (χ0v) is 12.9. The van der Waals surface area contributed by atoms with Crippen LogP contribution in [0.2, 0.25) is 0 Å².